The zero-order chi connectivity index (χ0) is 14.5. The maximum Gasteiger partial charge on any atom is 0.224 e. The number of methoxy groups -OCH3 is 1. The van der Waals surface area contributed by atoms with Crippen LogP contribution in [0.15, 0.2) is 24.4 Å². The first-order valence-corrected chi connectivity index (χ1v) is 6.66. The van der Waals surface area contributed by atoms with E-state index in [2.05, 4.69) is 10.3 Å². The van der Waals surface area contributed by atoms with Crippen LogP contribution in [0.5, 0.6) is 5.75 Å². The van der Waals surface area contributed by atoms with Crippen LogP contribution < -0.4 is 10.1 Å². The highest BCUT2D eigenvalue weighted by molar-refractivity contribution is 5.93. The molecular formula is C15H20N2O3. The van der Waals surface area contributed by atoms with Crippen LogP contribution in [0.25, 0.3) is 10.9 Å². The number of nitrogens with one attached hydrogen (secondary N) is 2. The summed E-state index contributed by atoms with van der Waals surface area (Å²) in [5.41, 5.74) is 1.86. The van der Waals surface area contributed by atoms with Crippen molar-refractivity contribution in [2.45, 2.75) is 13.3 Å². The molecular weight excluding hydrogens is 256 g/mol. The van der Waals surface area contributed by atoms with Crippen LogP contribution in [-0.2, 0) is 11.2 Å². The minimum atomic E-state index is -0.0582. The molecule has 1 heterocycles. The molecule has 2 aromatic rings. The first-order chi connectivity index (χ1) is 9.65. The fourth-order valence-electron chi connectivity index (χ4n) is 2.12. The summed E-state index contributed by atoms with van der Waals surface area (Å²) in [5.74, 6) is 0.767. The zero-order valence-electron chi connectivity index (χ0n) is 11.8. The molecule has 5 heteroatoms. The molecule has 0 bridgehead atoms. The fraction of sp³-hybridized carbons (Fsp3) is 0.400. The molecule has 1 unspecified atom stereocenters. The van der Waals surface area contributed by atoms with Crippen LogP contribution in [0.3, 0.4) is 0 Å². The third-order valence-electron chi connectivity index (χ3n) is 3.28. The molecule has 0 saturated carbocycles. The minimum Gasteiger partial charge on any atom is -0.496 e. The Kier molecular flexibility index (Phi) is 4.63. The molecule has 1 atom stereocenters. The Labute approximate surface area is 117 Å². The first kappa shape index (κ1) is 14.4. The van der Waals surface area contributed by atoms with E-state index >= 15 is 0 Å². The third-order valence-corrected chi connectivity index (χ3v) is 3.28. The average Bonchev–Trinajstić information content (AvgIpc) is 2.87. The number of aromatic amines is 1. The molecule has 1 amide bonds. The van der Waals surface area contributed by atoms with Gasteiger partial charge in [0.15, 0.2) is 0 Å². The van der Waals surface area contributed by atoms with Crippen molar-refractivity contribution in [3.05, 3.63) is 30.0 Å². The number of aliphatic hydroxyl groups is 1. The van der Waals surface area contributed by atoms with Gasteiger partial charge in [0.25, 0.3) is 0 Å². The van der Waals surface area contributed by atoms with Gasteiger partial charge in [-0.15, -0.1) is 0 Å². The smallest absolute Gasteiger partial charge is 0.224 e. The van der Waals surface area contributed by atoms with E-state index in [1.807, 2.05) is 31.3 Å². The molecule has 0 aliphatic heterocycles. The number of H-pyrrole nitrogens is 1. The number of aromatic nitrogens is 1. The molecule has 0 radical (unpaired) electrons. The van der Waals surface area contributed by atoms with Crippen LogP contribution in [0.4, 0.5) is 0 Å². The summed E-state index contributed by atoms with van der Waals surface area (Å²) < 4.78 is 5.34. The lowest BCUT2D eigenvalue weighted by Gasteiger charge is -2.09. The highest BCUT2D eigenvalue weighted by atomic mass is 16.5. The van der Waals surface area contributed by atoms with Crippen molar-refractivity contribution in [1.29, 1.82) is 0 Å². The Morgan fingerprint density at radius 2 is 2.30 bits per heavy atom. The van der Waals surface area contributed by atoms with Crippen LogP contribution in [0.2, 0.25) is 0 Å². The lowest BCUT2D eigenvalue weighted by atomic mass is 10.1. The summed E-state index contributed by atoms with van der Waals surface area (Å²) in [5, 5.41) is 12.7. The Balaban J connectivity index is 2.12. The Hall–Kier alpha value is -2.01. The first-order valence-electron chi connectivity index (χ1n) is 6.66. The van der Waals surface area contributed by atoms with Crippen molar-refractivity contribution in [3.8, 4) is 5.75 Å². The van der Waals surface area contributed by atoms with Gasteiger partial charge in [0.05, 0.1) is 13.5 Å². The van der Waals surface area contributed by atoms with E-state index in [1.54, 1.807) is 7.11 Å². The molecule has 20 heavy (non-hydrogen) atoms. The number of aliphatic hydroxyl groups excluding tert-OH is 1. The Morgan fingerprint density at radius 1 is 1.50 bits per heavy atom. The number of ether oxygens (including phenoxy) is 1. The van der Waals surface area contributed by atoms with Crippen LogP contribution in [0, 0.1) is 5.92 Å². The summed E-state index contributed by atoms with van der Waals surface area (Å²) in [7, 11) is 1.62. The molecule has 5 nitrogen and oxygen atoms in total. The van der Waals surface area contributed by atoms with Gasteiger partial charge >= 0.3 is 0 Å². The lowest BCUT2D eigenvalue weighted by molar-refractivity contribution is -0.120. The minimum absolute atomic E-state index is 0.0582. The van der Waals surface area contributed by atoms with Gasteiger partial charge in [0.1, 0.15) is 5.75 Å². The number of fused-ring (bicyclic) bond motifs is 1. The molecule has 3 N–H and O–H groups in total. The number of benzene rings is 1. The standard InChI is InChI=1S/C15H20N2O3/c1-10(9-18)7-17-14(19)6-11-8-16-12-4-3-5-13(20-2)15(11)12/h3-5,8,10,16,18H,6-7,9H2,1-2H3,(H,17,19). The number of carbonyl (C=O) groups is 1. The number of amides is 1. The van der Waals surface area contributed by atoms with Crippen molar-refractivity contribution in [3.63, 3.8) is 0 Å². The summed E-state index contributed by atoms with van der Waals surface area (Å²) in [4.78, 5) is 15.1. The number of rotatable bonds is 6. The summed E-state index contributed by atoms with van der Waals surface area (Å²) in [6.07, 6.45) is 2.13. The third kappa shape index (κ3) is 3.11. The van der Waals surface area contributed by atoms with Crippen LogP contribution in [0.1, 0.15) is 12.5 Å². The highest BCUT2D eigenvalue weighted by Gasteiger charge is 2.12. The summed E-state index contributed by atoms with van der Waals surface area (Å²) >= 11 is 0. The molecule has 0 saturated heterocycles. The largest absolute Gasteiger partial charge is 0.496 e. The maximum atomic E-state index is 11.9. The fourth-order valence-corrected chi connectivity index (χ4v) is 2.12. The monoisotopic (exact) mass is 276 g/mol. The van der Waals surface area contributed by atoms with E-state index in [4.69, 9.17) is 9.84 Å². The van der Waals surface area contributed by atoms with E-state index in [9.17, 15) is 4.79 Å². The Bertz CT molecular complexity index is 592. The van der Waals surface area contributed by atoms with Crippen molar-refractivity contribution >= 4 is 16.8 Å². The second-order valence-electron chi connectivity index (χ2n) is 4.97. The van der Waals surface area contributed by atoms with Crippen molar-refractivity contribution in [2.75, 3.05) is 20.3 Å². The molecule has 0 fully saturated rings. The molecule has 1 aromatic carbocycles. The van der Waals surface area contributed by atoms with Crippen molar-refractivity contribution < 1.29 is 14.6 Å². The van der Waals surface area contributed by atoms with Gasteiger partial charge in [-0.25, -0.2) is 0 Å². The van der Waals surface area contributed by atoms with Gasteiger partial charge in [-0.05, 0) is 23.6 Å². The zero-order valence-corrected chi connectivity index (χ0v) is 11.8. The van der Waals surface area contributed by atoms with E-state index in [1.165, 1.54) is 0 Å². The molecule has 1 aromatic heterocycles. The topological polar surface area (TPSA) is 74.4 Å². The molecule has 0 aliphatic rings. The Morgan fingerprint density at radius 3 is 3.00 bits per heavy atom. The second-order valence-corrected chi connectivity index (χ2v) is 4.97. The quantitative estimate of drug-likeness (QED) is 0.748. The summed E-state index contributed by atoms with van der Waals surface area (Å²) in [6.45, 7) is 2.44. The predicted octanol–water partition coefficient (Wildman–Crippen LogP) is 1.46. The van der Waals surface area contributed by atoms with E-state index in [-0.39, 0.29) is 18.4 Å². The van der Waals surface area contributed by atoms with Crippen LogP contribution in [-0.4, -0.2) is 36.3 Å². The normalized spacial score (nSPS) is 12.3. The molecule has 2 rings (SSSR count). The number of carbonyl (C=O) groups excluding carboxylic acids is 1. The van der Waals surface area contributed by atoms with Gasteiger partial charge < -0.3 is 20.1 Å². The molecule has 108 valence electrons. The average molecular weight is 276 g/mol. The highest BCUT2D eigenvalue weighted by Crippen LogP contribution is 2.28. The van der Waals surface area contributed by atoms with Gasteiger partial charge in [-0.3, -0.25) is 4.79 Å². The number of hydrogen-bond donors (Lipinski definition) is 3. The maximum absolute atomic E-state index is 11.9. The SMILES string of the molecule is COc1cccc2[nH]cc(CC(=O)NCC(C)CO)c12. The van der Waals surface area contributed by atoms with Crippen LogP contribution >= 0.6 is 0 Å². The van der Waals surface area contributed by atoms with E-state index in [0.29, 0.717) is 13.0 Å². The summed E-state index contributed by atoms with van der Waals surface area (Å²) in [6, 6.07) is 5.74. The molecule has 0 spiro atoms. The lowest BCUT2D eigenvalue weighted by Crippen LogP contribution is -2.30. The molecule has 0 aliphatic carbocycles. The number of hydrogen-bond acceptors (Lipinski definition) is 3. The van der Waals surface area contributed by atoms with Crippen molar-refractivity contribution in [2.24, 2.45) is 5.92 Å². The predicted molar refractivity (Wildman–Crippen MR) is 77.8 cm³/mol. The van der Waals surface area contributed by atoms with Gasteiger partial charge in [0, 0.05) is 30.3 Å². The van der Waals surface area contributed by atoms with Gasteiger partial charge in [-0.2, -0.15) is 0 Å². The van der Waals surface area contributed by atoms with E-state index in [0.717, 1.165) is 22.2 Å². The van der Waals surface area contributed by atoms with Gasteiger partial charge in [0.2, 0.25) is 5.91 Å². The van der Waals surface area contributed by atoms with Crippen molar-refractivity contribution in [1.82, 2.24) is 10.3 Å². The van der Waals surface area contributed by atoms with E-state index < -0.39 is 0 Å². The second kappa shape index (κ2) is 6.43. The van der Waals surface area contributed by atoms with Gasteiger partial charge in [-0.1, -0.05) is 13.0 Å².